The summed E-state index contributed by atoms with van der Waals surface area (Å²) < 4.78 is 11.9. The van der Waals surface area contributed by atoms with E-state index >= 15 is 0 Å². The summed E-state index contributed by atoms with van der Waals surface area (Å²) in [5.74, 6) is 1.79. The fourth-order valence-electron chi connectivity index (χ4n) is 4.52. The average molecular weight is 550 g/mol. The van der Waals surface area contributed by atoms with Crippen LogP contribution in [-0.2, 0) is 24.2 Å². The van der Waals surface area contributed by atoms with E-state index in [1.807, 2.05) is 19.2 Å². The molecule has 4 rings (SSSR count). The lowest BCUT2D eigenvalue weighted by molar-refractivity contribution is -0.0705. The van der Waals surface area contributed by atoms with Crippen molar-refractivity contribution in [1.29, 1.82) is 0 Å². The monoisotopic (exact) mass is 550 g/mol. The Morgan fingerprint density at radius 1 is 1.00 bits per heavy atom. The molecule has 7 heteroatoms. The molecular formula is C25H35IN4O2. The SMILES string of the molecule is CN=C(NCc1ccccc1CN1CC(C)OC(C)C1)NCC1Cc2ccccc2O1.I. The molecule has 1 fully saturated rings. The van der Waals surface area contributed by atoms with Crippen LogP contribution in [0.4, 0.5) is 0 Å². The molecule has 0 spiro atoms. The quantitative estimate of drug-likeness (QED) is 0.327. The van der Waals surface area contributed by atoms with E-state index < -0.39 is 0 Å². The highest BCUT2D eigenvalue weighted by Crippen LogP contribution is 2.27. The maximum atomic E-state index is 6.02. The molecule has 3 atom stereocenters. The largest absolute Gasteiger partial charge is 0.488 e. The molecule has 2 aromatic carbocycles. The number of aliphatic imine (C=N–C) groups is 1. The van der Waals surface area contributed by atoms with Crippen LogP contribution in [0.5, 0.6) is 5.75 Å². The molecule has 3 unspecified atom stereocenters. The van der Waals surface area contributed by atoms with Gasteiger partial charge >= 0.3 is 0 Å². The van der Waals surface area contributed by atoms with Gasteiger partial charge in [-0.3, -0.25) is 9.89 Å². The normalized spacial score (nSPS) is 23.1. The van der Waals surface area contributed by atoms with Crippen LogP contribution in [0.1, 0.15) is 30.5 Å². The smallest absolute Gasteiger partial charge is 0.191 e. The van der Waals surface area contributed by atoms with Gasteiger partial charge in [0, 0.05) is 39.6 Å². The fraction of sp³-hybridized carbons (Fsp3) is 0.480. The predicted molar refractivity (Wildman–Crippen MR) is 140 cm³/mol. The van der Waals surface area contributed by atoms with Crippen molar-refractivity contribution in [2.75, 3.05) is 26.7 Å². The summed E-state index contributed by atoms with van der Waals surface area (Å²) in [6.07, 6.45) is 1.62. The number of hydrogen-bond donors (Lipinski definition) is 2. The van der Waals surface area contributed by atoms with E-state index in [-0.39, 0.29) is 42.3 Å². The third-order valence-corrected chi connectivity index (χ3v) is 5.89. The zero-order valence-electron chi connectivity index (χ0n) is 19.2. The van der Waals surface area contributed by atoms with Gasteiger partial charge in [0.1, 0.15) is 11.9 Å². The Morgan fingerprint density at radius 2 is 1.69 bits per heavy atom. The minimum absolute atomic E-state index is 0. The summed E-state index contributed by atoms with van der Waals surface area (Å²) in [7, 11) is 1.81. The number of benzene rings is 2. The summed E-state index contributed by atoms with van der Waals surface area (Å²) in [6.45, 7) is 8.64. The number of morpholine rings is 1. The molecule has 1 saturated heterocycles. The number of guanidine groups is 1. The minimum Gasteiger partial charge on any atom is -0.488 e. The molecule has 2 aromatic rings. The number of para-hydroxylation sites is 1. The van der Waals surface area contributed by atoms with Crippen LogP contribution < -0.4 is 15.4 Å². The highest BCUT2D eigenvalue weighted by molar-refractivity contribution is 14.0. The second-order valence-electron chi connectivity index (χ2n) is 8.58. The second kappa shape index (κ2) is 11.9. The highest BCUT2D eigenvalue weighted by Gasteiger charge is 2.23. The van der Waals surface area contributed by atoms with Crippen molar-refractivity contribution in [2.24, 2.45) is 4.99 Å². The number of rotatable bonds is 6. The van der Waals surface area contributed by atoms with Gasteiger partial charge in [0.15, 0.2) is 5.96 Å². The van der Waals surface area contributed by atoms with Crippen LogP contribution in [0.15, 0.2) is 53.5 Å². The molecule has 0 aromatic heterocycles. The molecule has 6 nitrogen and oxygen atoms in total. The maximum Gasteiger partial charge on any atom is 0.191 e. The van der Waals surface area contributed by atoms with Gasteiger partial charge < -0.3 is 20.1 Å². The first kappa shape index (κ1) is 24.8. The van der Waals surface area contributed by atoms with Gasteiger partial charge in [-0.1, -0.05) is 42.5 Å². The number of fused-ring (bicyclic) bond motifs is 1. The van der Waals surface area contributed by atoms with Crippen LogP contribution in [0, 0.1) is 0 Å². The Bertz CT molecular complexity index is 872. The maximum absolute atomic E-state index is 6.02. The van der Waals surface area contributed by atoms with E-state index in [4.69, 9.17) is 9.47 Å². The topological polar surface area (TPSA) is 58.1 Å². The van der Waals surface area contributed by atoms with Gasteiger partial charge in [-0.2, -0.15) is 0 Å². The molecule has 32 heavy (non-hydrogen) atoms. The van der Waals surface area contributed by atoms with E-state index in [2.05, 4.69) is 70.8 Å². The molecule has 2 N–H and O–H groups in total. The zero-order valence-corrected chi connectivity index (χ0v) is 21.5. The molecule has 174 valence electrons. The molecule has 0 radical (unpaired) electrons. The van der Waals surface area contributed by atoms with E-state index in [9.17, 15) is 0 Å². The van der Waals surface area contributed by atoms with Crippen molar-refractivity contribution in [3.8, 4) is 5.75 Å². The van der Waals surface area contributed by atoms with Gasteiger partial charge in [-0.05, 0) is 36.6 Å². The van der Waals surface area contributed by atoms with Crippen LogP contribution in [0.2, 0.25) is 0 Å². The third-order valence-electron chi connectivity index (χ3n) is 5.89. The Hall–Kier alpha value is -1.84. The molecular weight excluding hydrogens is 515 g/mol. The van der Waals surface area contributed by atoms with Crippen molar-refractivity contribution in [1.82, 2.24) is 15.5 Å². The van der Waals surface area contributed by atoms with Crippen molar-refractivity contribution >= 4 is 29.9 Å². The molecule has 0 bridgehead atoms. The lowest BCUT2D eigenvalue weighted by Gasteiger charge is -2.35. The number of halogens is 1. The van der Waals surface area contributed by atoms with E-state index in [0.717, 1.165) is 50.9 Å². The number of nitrogens with one attached hydrogen (secondary N) is 2. The Balaban J connectivity index is 0.00000289. The van der Waals surface area contributed by atoms with Crippen LogP contribution in [0.25, 0.3) is 0 Å². The lowest BCUT2D eigenvalue weighted by Crippen LogP contribution is -2.45. The fourth-order valence-corrected chi connectivity index (χ4v) is 4.52. The van der Waals surface area contributed by atoms with Crippen LogP contribution in [0.3, 0.4) is 0 Å². The number of nitrogens with zero attached hydrogens (tertiary/aromatic N) is 2. The number of hydrogen-bond acceptors (Lipinski definition) is 4. The van der Waals surface area contributed by atoms with E-state index in [0.29, 0.717) is 0 Å². The summed E-state index contributed by atoms with van der Waals surface area (Å²) in [5, 5.41) is 6.88. The second-order valence-corrected chi connectivity index (χ2v) is 8.58. The van der Waals surface area contributed by atoms with Crippen molar-refractivity contribution in [3.63, 3.8) is 0 Å². The Kier molecular flexibility index (Phi) is 9.19. The van der Waals surface area contributed by atoms with E-state index in [1.54, 1.807) is 0 Å². The predicted octanol–water partition coefficient (Wildman–Crippen LogP) is 3.58. The first-order valence-corrected chi connectivity index (χ1v) is 11.2. The summed E-state index contributed by atoms with van der Waals surface area (Å²) >= 11 is 0. The third kappa shape index (κ3) is 6.59. The zero-order chi connectivity index (χ0) is 21.6. The molecule has 2 aliphatic rings. The first-order chi connectivity index (χ1) is 15.1. The Morgan fingerprint density at radius 3 is 2.41 bits per heavy atom. The van der Waals surface area contributed by atoms with Gasteiger partial charge in [0.2, 0.25) is 0 Å². The minimum atomic E-state index is 0. The molecule has 2 heterocycles. The van der Waals surface area contributed by atoms with Crippen molar-refractivity contribution < 1.29 is 9.47 Å². The van der Waals surface area contributed by atoms with Gasteiger partial charge in [-0.15, -0.1) is 24.0 Å². The summed E-state index contributed by atoms with van der Waals surface area (Å²) in [4.78, 5) is 6.88. The first-order valence-electron chi connectivity index (χ1n) is 11.2. The molecule has 2 aliphatic heterocycles. The molecule has 0 amide bonds. The summed E-state index contributed by atoms with van der Waals surface area (Å²) in [5.41, 5.74) is 3.92. The Labute approximate surface area is 208 Å². The van der Waals surface area contributed by atoms with Gasteiger partial charge in [-0.25, -0.2) is 0 Å². The number of ether oxygens (including phenoxy) is 2. The standard InChI is InChI=1S/C25H34N4O2.HI/c1-18-15-29(16-19(2)30-18)17-22-10-5-4-9-21(22)13-27-25(26-3)28-14-23-12-20-8-6-7-11-24(20)31-23;/h4-11,18-19,23H,12-17H2,1-3H3,(H2,26,27,28);1H. The molecule has 0 saturated carbocycles. The highest BCUT2D eigenvalue weighted by atomic mass is 127. The van der Waals surface area contributed by atoms with Gasteiger partial charge in [0.25, 0.3) is 0 Å². The summed E-state index contributed by atoms with van der Waals surface area (Å²) in [6, 6.07) is 16.9. The lowest BCUT2D eigenvalue weighted by atomic mass is 10.1. The van der Waals surface area contributed by atoms with Crippen LogP contribution >= 0.6 is 24.0 Å². The van der Waals surface area contributed by atoms with E-state index in [1.165, 1.54) is 16.7 Å². The van der Waals surface area contributed by atoms with Crippen LogP contribution in [-0.4, -0.2) is 55.9 Å². The van der Waals surface area contributed by atoms with Gasteiger partial charge in [0.05, 0.1) is 18.8 Å². The van der Waals surface area contributed by atoms with Crippen molar-refractivity contribution in [2.45, 2.75) is 51.7 Å². The molecule has 0 aliphatic carbocycles. The average Bonchev–Trinajstić information content (AvgIpc) is 3.17. The van der Waals surface area contributed by atoms with Crippen molar-refractivity contribution in [3.05, 3.63) is 65.2 Å².